The van der Waals surface area contributed by atoms with E-state index < -0.39 is 21.7 Å². The minimum atomic E-state index is -3.46. The zero-order valence-corrected chi connectivity index (χ0v) is 14.7. The van der Waals surface area contributed by atoms with Crippen LogP contribution in [0.4, 0.5) is 0 Å². The fourth-order valence-electron chi connectivity index (χ4n) is 2.74. The highest BCUT2D eigenvalue weighted by Crippen LogP contribution is 2.23. The molecule has 0 unspecified atom stereocenters. The van der Waals surface area contributed by atoms with E-state index in [-0.39, 0.29) is 38.4 Å². The van der Waals surface area contributed by atoms with Crippen LogP contribution >= 0.6 is 0 Å². The second kappa shape index (κ2) is 7.18. The van der Waals surface area contributed by atoms with E-state index in [2.05, 4.69) is 4.72 Å². The van der Waals surface area contributed by atoms with Gasteiger partial charge in [-0.05, 0) is 24.5 Å². The van der Waals surface area contributed by atoms with E-state index in [1.807, 2.05) is 31.2 Å². The maximum Gasteiger partial charge on any atom is 0.227 e. The number of β-amino-alcohol motifs (C(OH)–C–C–N with tert-alkyl or cyclic N) is 1. The Bertz CT molecular complexity index is 706. The summed E-state index contributed by atoms with van der Waals surface area (Å²) >= 11 is 0. The summed E-state index contributed by atoms with van der Waals surface area (Å²) in [7, 11) is -3.46. The van der Waals surface area contributed by atoms with E-state index >= 15 is 0 Å². The number of sulfonamides is 1. The fraction of sp³-hybridized carbons (Fsp3) is 0.562. The van der Waals surface area contributed by atoms with Crippen LogP contribution in [0.1, 0.15) is 17.5 Å². The van der Waals surface area contributed by atoms with E-state index in [1.54, 1.807) is 0 Å². The Morgan fingerprint density at radius 2 is 2.08 bits per heavy atom. The molecule has 8 heteroatoms. The first-order valence-corrected chi connectivity index (χ1v) is 9.67. The van der Waals surface area contributed by atoms with Gasteiger partial charge in [-0.15, -0.1) is 0 Å². The van der Waals surface area contributed by atoms with Crippen molar-refractivity contribution in [3.05, 3.63) is 35.4 Å². The normalized spacial score (nSPS) is 24.8. The number of likely N-dealkylation sites (tertiary alicyclic amines) is 1. The number of aliphatic hydroxyl groups excluding tert-OH is 1. The van der Waals surface area contributed by atoms with E-state index in [0.717, 1.165) is 17.4 Å². The van der Waals surface area contributed by atoms with Gasteiger partial charge >= 0.3 is 0 Å². The van der Waals surface area contributed by atoms with Crippen LogP contribution in [0.3, 0.4) is 0 Å². The van der Waals surface area contributed by atoms with E-state index in [9.17, 15) is 23.4 Å². The van der Waals surface area contributed by atoms with Crippen molar-refractivity contribution in [2.24, 2.45) is 0 Å². The Balaban J connectivity index is 1.97. The van der Waals surface area contributed by atoms with Crippen LogP contribution in [-0.4, -0.2) is 67.0 Å². The Morgan fingerprint density at radius 1 is 1.42 bits per heavy atom. The summed E-state index contributed by atoms with van der Waals surface area (Å²) in [6.45, 7) is 1.91. The van der Waals surface area contributed by atoms with Crippen molar-refractivity contribution < 1.29 is 23.4 Å². The Morgan fingerprint density at radius 3 is 2.67 bits per heavy atom. The first kappa shape index (κ1) is 18.9. The van der Waals surface area contributed by atoms with Crippen molar-refractivity contribution in [3.8, 4) is 0 Å². The molecule has 1 heterocycles. The molecule has 2 atom stereocenters. The number of nitrogens with one attached hydrogen (secondary N) is 1. The van der Waals surface area contributed by atoms with Gasteiger partial charge in [0.1, 0.15) is 11.7 Å². The van der Waals surface area contributed by atoms with Crippen LogP contribution in [0.5, 0.6) is 0 Å². The molecule has 2 rings (SSSR count). The number of aryl methyl sites for hydroxylation is 1. The molecular weight excluding hydrogens is 332 g/mol. The van der Waals surface area contributed by atoms with Gasteiger partial charge in [0.2, 0.25) is 15.9 Å². The van der Waals surface area contributed by atoms with Crippen molar-refractivity contribution in [1.82, 2.24) is 9.62 Å². The van der Waals surface area contributed by atoms with Crippen molar-refractivity contribution in [2.75, 3.05) is 25.9 Å². The number of piperidine rings is 1. The molecule has 1 aromatic rings. The van der Waals surface area contributed by atoms with Crippen molar-refractivity contribution in [1.29, 1.82) is 0 Å². The molecule has 0 radical (unpaired) electrons. The second-order valence-electron chi connectivity index (χ2n) is 6.41. The average Bonchev–Trinajstić information content (AvgIpc) is 2.50. The van der Waals surface area contributed by atoms with Gasteiger partial charge in [0.25, 0.3) is 0 Å². The van der Waals surface area contributed by atoms with Crippen LogP contribution in [0.15, 0.2) is 24.3 Å². The zero-order chi connectivity index (χ0) is 18.0. The van der Waals surface area contributed by atoms with Crippen molar-refractivity contribution in [2.45, 2.75) is 31.5 Å². The second-order valence-corrected chi connectivity index (χ2v) is 8.24. The van der Waals surface area contributed by atoms with Crippen LogP contribution < -0.4 is 4.72 Å². The molecule has 1 aromatic carbocycles. The summed E-state index contributed by atoms with van der Waals surface area (Å²) in [5.74, 6) is -0.124. The lowest BCUT2D eigenvalue weighted by atomic mass is 9.88. The van der Waals surface area contributed by atoms with E-state index in [4.69, 9.17) is 0 Å². The molecule has 24 heavy (non-hydrogen) atoms. The zero-order valence-electron chi connectivity index (χ0n) is 13.9. The molecular formula is C16H24N2O5S. The summed E-state index contributed by atoms with van der Waals surface area (Å²) < 4.78 is 24.5. The van der Waals surface area contributed by atoms with Gasteiger partial charge in [-0.25, -0.2) is 13.1 Å². The molecule has 0 saturated carbocycles. The highest BCUT2D eigenvalue weighted by atomic mass is 32.2. The number of amides is 1. The highest BCUT2D eigenvalue weighted by Gasteiger charge is 2.42. The Kier molecular flexibility index (Phi) is 5.64. The first-order chi connectivity index (χ1) is 11.1. The predicted octanol–water partition coefficient (Wildman–Crippen LogP) is -0.589. The summed E-state index contributed by atoms with van der Waals surface area (Å²) in [4.78, 5) is 13.9. The maximum absolute atomic E-state index is 12.4. The molecule has 1 aliphatic rings. The number of hydrogen-bond donors (Lipinski definition) is 3. The van der Waals surface area contributed by atoms with Crippen LogP contribution in [0.2, 0.25) is 0 Å². The maximum atomic E-state index is 12.4. The van der Waals surface area contributed by atoms with Crippen LogP contribution in [-0.2, 0) is 21.2 Å². The number of nitrogens with zero attached hydrogens (tertiary/aromatic N) is 1. The number of carbonyl (C=O) groups excluding carboxylic acids is 1. The molecule has 3 N–H and O–H groups in total. The van der Waals surface area contributed by atoms with E-state index in [0.29, 0.717) is 0 Å². The summed E-state index contributed by atoms with van der Waals surface area (Å²) in [5.41, 5.74) is 0.386. The number of rotatable bonds is 5. The summed E-state index contributed by atoms with van der Waals surface area (Å²) in [6.07, 6.45) is 0.125. The summed E-state index contributed by atoms with van der Waals surface area (Å²) in [5, 5.41) is 20.6. The molecule has 134 valence electrons. The van der Waals surface area contributed by atoms with Gasteiger partial charge in [-0.3, -0.25) is 4.79 Å². The fourth-order valence-corrected chi connectivity index (χ4v) is 3.25. The molecule has 0 spiro atoms. The van der Waals surface area contributed by atoms with Crippen LogP contribution in [0, 0.1) is 6.92 Å². The number of carbonyl (C=O) groups is 1. The summed E-state index contributed by atoms with van der Waals surface area (Å²) in [6, 6.07) is 7.60. The lowest BCUT2D eigenvalue weighted by Crippen LogP contribution is -2.61. The van der Waals surface area contributed by atoms with Gasteiger partial charge in [-0.2, -0.15) is 0 Å². The molecule has 7 nitrogen and oxygen atoms in total. The van der Waals surface area contributed by atoms with Gasteiger partial charge in [0, 0.05) is 19.6 Å². The Labute approximate surface area is 142 Å². The minimum Gasteiger partial charge on any atom is -0.388 e. The first-order valence-electron chi connectivity index (χ1n) is 7.78. The molecule has 0 aliphatic carbocycles. The van der Waals surface area contributed by atoms with Gasteiger partial charge < -0.3 is 15.1 Å². The molecule has 1 amide bonds. The average molecular weight is 356 g/mol. The molecule has 1 aliphatic heterocycles. The number of aliphatic hydroxyl groups is 2. The minimum absolute atomic E-state index is 0.0212. The number of benzene rings is 1. The quantitative estimate of drug-likeness (QED) is 0.654. The molecule has 1 fully saturated rings. The van der Waals surface area contributed by atoms with Crippen molar-refractivity contribution in [3.63, 3.8) is 0 Å². The van der Waals surface area contributed by atoms with E-state index in [1.165, 1.54) is 4.90 Å². The molecule has 0 aromatic heterocycles. The standard InChI is InChI=1S/C16H24N2O5S/c1-12-5-3-4-6-13(12)9-15(20)18-8-7-16(21,14(19)10-18)11-17-24(2,22)23/h3-6,14,17,19,21H,7-11H2,1-2H3/t14-,16-/m1/s1. The third-order valence-electron chi connectivity index (χ3n) is 4.42. The highest BCUT2D eigenvalue weighted by molar-refractivity contribution is 7.88. The smallest absolute Gasteiger partial charge is 0.227 e. The predicted molar refractivity (Wildman–Crippen MR) is 89.9 cm³/mol. The monoisotopic (exact) mass is 356 g/mol. The SMILES string of the molecule is Cc1ccccc1CC(=O)N1CC[C@@](O)(CNS(C)(=O)=O)[C@H](O)C1. The lowest BCUT2D eigenvalue weighted by Gasteiger charge is -2.42. The van der Waals surface area contributed by atoms with Gasteiger partial charge in [0.05, 0.1) is 12.7 Å². The largest absolute Gasteiger partial charge is 0.388 e. The topological polar surface area (TPSA) is 107 Å². The van der Waals surface area contributed by atoms with Crippen molar-refractivity contribution >= 4 is 15.9 Å². The third kappa shape index (κ3) is 4.76. The Hall–Kier alpha value is -1.48. The van der Waals surface area contributed by atoms with Gasteiger partial charge in [0.15, 0.2) is 0 Å². The lowest BCUT2D eigenvalue weighted by molar-refractivity contribution is -0.147. The number of hydrogen-bond acceptors (Lipinski definition) is 5. The molecule has 0 bridgehead atoms. The van der Waals surface area contributed by atoms with Gasteiger partial charge in [-0.1, -0.05) is 24.3 Å². The third-order valence-corrected chi connectivity index (χ3v) is 5.09. The van der Waals surface area contributed by atoms with Crippen LogP contribution in [0.25, 0.3) is 0 Å². The molecule has 1 saturated heterocycles.